The van der Waals surface area contributed by atoms with Crippen LogP contribution in [0.4, 0.5) is 0 Å². The molecule has 109 valence electrons. The SMILES string of the molecule is [N-]=C=S.[Ni+3].[c-]1ccccc1-c1cccc(-c2[c-]cccc2)n1. The van der Waals surface area contributed by atoms with Gasteiger partial charge in [-0.1, -0.05) is 30.4 Å². The minimum atomic E-state index is 0. The van der Waals surface area contributed by atoms with Crippen LogP contribution in [0.5, 0.6) is 0 Å². The molecule has 22 heavy (non-hydrogen) atoms. The van der Waals surface area contributed by atoms with Gasteiger partial charge in [-0.2, -0.15) is 5.16 Å². The van der Waals surface area contributed by atoms with E-state index in [1.807, 2.05) is 66.7 Å². The molecule has 0 N–H and O–H groups in total. The van der Waals surface area contributed by atoms with Crippen molar-refractivity contribution < 1.29 is 16.5 Å². The third-order valence-corrected chi connectivity index (χ3v) is 2.72. The van der Waals surface area contributed by atoms with E-state index in [9.17, 15) is 0 Å². The van der Waals surface area contributed by atoms with E-state index in [0.29, 0.717) is 0 Å². The van der Waals surface area contributed by atoms with Crippen LogP contribution in [0.2, 0.25) is 0 Å². The van der Waals surface area contributed by atoms with Gasteiger partial charge in [-0.05, 0) is 11.4 Å². The molecule has 1 aromatic heterocycles. The quantitative estimate of drug-likeness (QED) is 0.293. The Labute approximate surface area is 145 Å². The van der Waals surface area contributed by atoms with Crippen LogP contribution in [-0.4, -0.2) is 10.1 Å². The maximum atomic E-state index is 7.13. The summed E-state index contributed by atoms with van der Waals surface area (Å²) < 4.78 is 0. The molecule has 1 heterocycles. The first-order chi connectivity index (χ1) is 10.3. The van der Waals surface area contributed by atoms with Crippen LogP contribution in [0.3, 0.4) is 0 Å². The van der Waals surface area contributed by atoms with Gasteiger partial charge in [0.15, 0.2) is 0 Å². The van der Waals surface area contributed by atoms with Crippen LogP contribution in [0.15, 0.2) is 66.7 Å². The van der Waals surface area contributed by atoms with E-state index in [1.165, 1.54) is 5.16 Å². The summed E-state index contributed by atoms with van der Waals surface area (Å²) in [4.78, 5) is 4.65. The van der Waals surface area contributed by atoms with Crippen LogP contribution in [-0.2, 0) is 16.5 Å². The van der Waals surface area contributed by atoms with Crippen molar-refractivity contribution in [2.75, 3.05) is 0 Å². The molecule has 0 unspecified atom stereocenters. The predicted molar refractivity (Wildman–Crippen MR) is 88.7 cm³/mol. The van der Waals surface area contributed by atoms with Crippen molar-refractivity contribution in [3.63, 3.8) is 0 Å². The Balaban J connectivity index is 0.000000562. The number of rotatable bonds is 2. The summed E-state index contributed by atoms with van der Waals surface area (Å²) in [6.45, 7) is 0. The van der Waals surface area contributed by atoms with Gasteiger partial charge in [0.2, 0.25) is 0 Å². The summed E-state index contributed by atoms with van der Waals surface area (Å²) in [7, 11) is 0. The largest absolute Gasteiger partial charge is 3.00 e. The van der Waals surface area contributed by atoms with Gasteiger partial charge in [-0.3, -0.25) is 0 Å². The smallest absolute Gasteiger partial charge is 0.753 e. The molecule has 0 bridgehead atoms. The fourth-order valence-electron chi connectivity index (χ4n) is 1.84. The third kappa shape index (κ3) is 5.01. The minimum absolute atomic E-state index is 0. The number of hydrogen-bond acceptors (Lipinski definition) is 2. The van der Waals surface area contributed by atoms with Crippen molar-refractivity contribution in [1.29, 1.82) is 0 Å². The molecule has 3 rings (SSSR count). The number of nitrogens with zero attached hydrogens (tertiary/aromatic N) is 2. The van der Waals surface area contributed by atoms with Crippen LogP contribution < -0.4 is 0 Å². The van der Waals surface area contributed by atoms with Gasteiger partial charge in [-0.25, -0.2) is 0 Å². The summed E-state index contributed by atoms with van der Waals surface area (Å²) in [5.41, 5.74) is 3.89. The first-order valence-corrected chi connectivity index (χ1v) is 6.68. The number of thiocarbonyl (C=S) groups is 1. The molecule has 0 spiro atoms. The Morgan fingerprint density at radius 2 is 1.27 bits per heavy atom. The molecule has 0 saturated heterocycles. The zero-order chi connectivity index (χ0) is 14.9. The molecular weight excluding hydrogens is 335 g/mol. The Hall–Kier alpha value is -2.12. The molecule has 0 fully saturated rings. The van der Waals surface area contributed by atoms with Gasteiger partial charge in [0, 0.05) is 0 Å². The Morgan fingerprint density at radius 3 is 1.64 bits per heavy atom. The second-order valence-electron chi connectivity index (χ2n) is 4.05. The normalized spacial score (nSPS) is 8.73. The number of pyridine rings is 1. The zero-order valence-electron chi connectivity index (χ0n) is 11.5. The predicted octanol–water partition coefficient (Wildman–Crippen LogP) is 4.67. The standard InChI is InChI=1S/C17H11N.CNS.Ni/c1-3-8-14(9-4-1)16-12-7-13-17(18-16)15-10-5-2-6-11-15;2-1-3;/h1-8,10,12-13H;;/q-2;-1;+3. The summed E-state index contributed by atoms with van der Waals surface area (Å²) >= 11 is 3.70. The van der Waals surface area contributed by atoms with Crippen LogP contribution in [0, 0.1) is 12.1 Å². The van der Waals surface area contributed by atoms with Gasteiger partial charge >= 0.3 is 16.5 Å². The van der Waals surface area contributed by atoms with Crippen molar-refractivity contribution in [1.82, 2.24) is 4.98 Å². The van der Waals surface area contributed by atoms with Gasteiger partial charge < -0.3 is 10.4 Å². The first kappa shape index (κ1) is 17.9. The van der Waals surface area contributed by atoms with E-state index >= 15 is 0 Å². The molecule has 0 aliphatic carbocycles. The summed E-state index contributed by atoms with van der Waals surface area (Å²) in [6.07, 6.45) is 0. The molecule has 0 aliphatic heterocycles. The second kappa shape index (κ2) is 9.75. The summed E-state index contributed by atoms with van der Waals surface area (Å²) in [6, 6.07) is 28.1. The van der Waals surface area contributed by atoms with E-state index in [1.54, 1.807) is 0 Å². The molecule has 0 aliphatic rings. The second-order valence-corrected chi connectivity index (χ2v) is 4.23. The fourth-order valence-corrected chi connectivity index (χ4v) is 1.84. The average molecular weight is 346 g/mol. The molecule has 0 amide bonds. The van der Waals surface area contributed by atoms with Crippen molar-refractivity contribution in [3.05, 3.63) is 84.3 Å². The zero-order valence-corrected chi connectivity index (χ0v) is 13.3. The molecular formula is C18H11N2NiS. The van der Waals surface area contributed by atoms with Gasteiger partial charge in [0.1, 0.15) is 0 Å². The monoisotopic (exact) mass is 345 g/mol. The van der Waals surface area contributed by atoms with Gasteiger partial charge in [-0.15, -0.1) is 71.8 Å². The number of benzene rings is 2. The van der Waals surface area contributed by atoms with E-state index in [0.717, 1.165) is 22.5 Å². The Kier molecular flexibility index (Phi) is 7.95. The van der Waals surface area contributed by atoms with Crippen molar-refractivity contribution >= 4 is 17.4 Å². The topological polar surface area (TPSA) is 35.2 Å². The molecule has 0 saturated carbocycles. The first-order valence-electron chi connectivity index (χ1n) is 6.27. The molecule has 2 aromatic carbocycles. The number of isothiocyanates is 1. The van der Waals surface area contributed by atoms with E-state index in [-0.39, 0.29) is 16.5 Å². The number of hydrogen-bond donors (Lipinski definition) is 0. The van der Waals surface area contributed by atoms with Crippen LogP contribution in [0.1, 0.15) is 0 Å². The van der Waals surface area contributed by atoms with E-state index in [2.05, 4.69) is 29.3 Å². The fraction of sp³-hybridized carbons (Fsp3) is 0. The van der Waals surface area contributed by atoms with E-state index < -0.39 is 0 Å². The maximum absolute atomic E-state index is 7.13. The summed E-state index contributed by atoms with van der Waals surface area (Å²) in [5.74, 6) is 0. The third-order valence-electron chi connectivity index (χ3n) is 2.72. The van der Waals surface area contributed by atoms with Crippen molar-refractivity contribution in [2.24, 2.45) is 0 Å². The maximum Gasteiger partial charge on any atom is 3.00 e. The average Bonchev–Trinajstić information content (AvgIpc) is 2.57. The Bertz CT molecular complexity index is 670. The molecule has 1 radical (unpaired) electrons. The summed E-state index contributed by atoms with van der Waals surface area (Å²) in [5, 5.41) is 8.47. The van der Waals surface area contributed by atoms with Gasteiger partial charge in [0.25, 0.3) is 0 Å². The van der Waals surface area contributed by atoms with Gasteiger partial charge in [0.05, 0.1) is 0 Å². The molecule has 2 nitrogen and oxygen atoms in total. The van der Waals surface area contributed by atoms with E-state index in [4.69, 9.17) is 5.41 Å². The molecule has 4 heteroatoms. The molecule has 3 aromatic rings. The number of aromatic nitrogens is 1. The van der Waals surface area contributed by atoms with Crippen molar-refractivity contribution in [2.45, 2.75) is 0 Å². The minimum Gasteiger partial charge on any atom is -0.753 e. The van der Waals surface area contributed by atoms with Crippen molar-refractivity contribution in [3.8, 4) is 22.5 Å². The molecule has 0 atom stereocenters. The van der Waals surface area contributed by atoms with Crippen LogP contribution >= 0.6 is 12.2 Å². The van der Waals surface area contributed by atoms with Crippen LogP contribution in [0.25, 0.3) is 27.9 Å². The Morgan fingerprint density at radius 1 is 0.818 bits per heavy atom.